The van der Waals surface area contributed by atoms with Crippen LogP contribution in [0, 0.1) is 5.82 Å². The molecule has 1 saturated heterocycles. The van der Waals surface area contributed by atoms with Gasteiger partial charge < -0.3 is 10.6 Å². The molecular formula is C26H25ClFN5O3S. The van der Waals surface area contributed by atoms with Crippen LogP contribution in [0.4, 0.5) is 31.9 Å². The Morgan fingerprint density at radius 3 is 2.35 bits per heavy atom. The van der Waals surface area contributed by atoms with Crippen LogP contribution in [-0.2, 0) is 4.79 Å². The van der Waals surface area contributed by atoms with Gasteiger partial charge in [0.05, 0.1) is 28.1 Å². The van der Waals surface area contributed by atoms with E-state index in [4.69, 9.17) is 11.6 Å². The number of nitrogens with one attached hydrogen (secondary N) is 3. The first kappa shape index (κ1) is 26.5. The fraction of sp³-hybridized carbons (Fsp3) is 0.192. The van der Waals surface area contributed by atoms with E-state index in [2.05, 4.69) is 28.8 Å². The topological polar surface area (TPSA) is 93.8 Å². The first-order valence-corrected chi connectivity index (χ1v) is 12.3. The molecule has 3 aromatic rings. The summed E-state index contributed by atoms with van der Waals surface area (Å²) in [5.74, 6) is -1.33. The molecule has 1 atom stereocenters. The summed E-state index contributed by atoms with van der Waals surface area (Å²) in [6.07, 6.45) is 1.67. The average Bonchev–Trinajstić information content (AvgIpc) is 3.40. The number of anilines is 4. The number of carbonyl (C=O) groups excluding carboxylic acids is 3. The fourth-order valence-electron chi connectivity index (χ4n) is 4.05. The van der Waals surface area contributed by atoms with Crippen molar-refractivity contribution in [1.29, 1.82) is 0 Å². The molecule has 1 unspecified atom stereocenters. The molecule has 1 aliphatic rings. The van der Waals surface area contributed by atoms with E-state index in [1.165, 1.54) is 25.1 Å². The van der Waals surface area contributed by atoms with Gasteiger partial charge in [-0.25, -0.2) is 13.5 Å². The first-order valence-electron chi connectivity index (χ1n) is 11.5. The van der Waals surface area contributed by atoms with E-state index in [-0.39, 0.29) is 17.6 Å². The second-order valence-electron chi connectivity index (χ2n) is 8.39. The number of hydrogen-bond acceptors (Lipinski definition) is 5. The van der Waals surface area contributed by atoms with Crippen molar-refractivity contribution in [3.05, 3.63) is 83.1 Å². The minimum absolute atomic E-state index is 0.0719. The van der Waals surface area contributed by atoms with Crippen molar-refractivity contribution in [1.82, 2.24) is 5.32 Å². The van der Waals surface area contributed by atoms with Crippen molar-refractivity contribution in [3.63, 3.8) is 0 Å². The Labute approximate surface area is 224 Å². The lowest BCUT2D eigenvalue weighted by Crippen LogP contribution is -2.45. The first-order chi connectivity index (χ1) is 17.7. The lowest BCUT2D eigenvalue weighted by Gasteiger charge is -2.29. The average molecular weight is 542 g/mol. The third kappa shape index (κ3) is 6.22. The Morgan fingerprint density at radius 1 is 1.03 bits per heavy atom. The zero-order valence-corrected chi connectivity index (χ0v) is 21.5. The molecule has 4 amide bonds. The molecular weight excluding hydrogens is 517 g/mol. The Balaban J connectivity index is 1.40. The van der Waals surface area contributed by atoms with Crippen LogP contribution in [0.3, 0.4) is 0 Å². The molecule has 1 heterocycles. The molecule has 11 heteroatoms. The van der Waals surface area contributed by atoms with Gasteiger partial charge in [-0.05, 0) is 74.0 Å². The summed E-state index contributed by atoms with van der Waals surface area (Å²) >= 11 is 10.8. The maximum atomic E-state index is 13.8. The summed E-state index contributed by atoms with van der Waals surface area (Å²) in [6, 6.07) is 16.4. The monoisotopic (exact) mass is 541 g/mol. The predicted octanol–water partition coefficient (Wildman–Crippen LogP) is 5.68. The Hall–Kier alpha value is -3.60. The Bertz CT molecular complexity index is 1320. The van der Waals surface area contributed by atoms with Crippen LogP contribution in [0.2, 0.25) is 5.02 Å². The smallest absolute Gasteiger partial charge is 0.322 e. The van der Waals surface area contributed by atoms with Gasteiger partial charge in [0.1, 0.15) is 5.82 Å². The van der Waals surface area contributed by atoms with E-state index in [0.29, 0.717) is 27.8 Å². The van der Waals surface area contributed by atoms with Gasteiger partial charge in [0, 0.05) is 18.3 Å². The van der Waals surface area contributed by atoms with Crippen LogP contribution in [-0.4, -0.2) is 30.6 Å². The third-order valence-corrected chi connectivity index (χ3v) is 6.54. The van der Waals surface area contributed by atoms with Crippen LogP contribution in [0.5, 0.6) is 0 Å². The van der Waals surface area contributed by atoms with Gasteiger partial charge in [-0.2, -0.15) is 0 Å². The maximum absolute atomic E-state index is 13.8. The summed E-state index contributed by atoms with van der Waals surface area (Å²) < 4.78 is 14.9. The summed E-state index contributed by atoms with van der Waals surface area (Å²) in [5, 5.41) is 8.94. The van der Waals surface area contributed by atoms with Crippen molar-refractivity contribution in [2.75, 3.05) is 26.4 Å². The highest BCUT2D eigenvalue weighted by Gasteiger charge is 2.27. The standard InChI is InChI=1S/C26H25ClFN5O3S/c1-16(34)32(24-7-4-14-29-24)23-13-10-18(15-21(23)27)31-26(36)33(37)19-11-8-17(9-12-19)30-25(35)20-5-2-3-6-22(20)28/h2-3,5-6,8-13,15,24,29,37H,4,7,14H2,1H3,(H,30,35)(H,31,36). The number of benzene rings is 3. The van der Waals surface area contributed by atoms with E-state index >= 15 is 0 Å². The Kier molecular flexibility index (Phi) is 8.32. The van der Waals surface area contributed by atoms with Crippen molar-refractivity contribution in [2.24, 2.45) is 0 Å². The normalized spacial score (nSPS) is 14.6. The van der Waals surface area contributed by atoms with Crippen molar-refractivity contribution < 1.29 is 18.8 Å². The highest BCUT2D eigenvalue weighted by atomic mass is 35.5. The zero-order chi connectivity index (χ0) is 26.5. The number of halogens is 2. The molecule has 1 aliphatic heterocycles. The van der Waals surface area contributed by atoms with Gasteiger partial charge in [0.25, 0.3) is 5.91 Å². The quantitative estimate of drug-likeness (QED) is 0.302. The van der Waals surface area contributed by atoms with E-state index in [1.54, 1.807) is 53.4 Å². The molecule has 4 rings (SSSR count). The lowest BCUT2D eigenvalue weighted by atomic mass is 10.2. The van der Waals surface area contributed by atoms with Crippen molar-refractivity contribution in [3.8, 4) is 0 Å². The molecule has 1 fully saturated rings. The maximum Gasteiger partial charge on any atom is 0.336 e. The number of thiol groups is 1. The molecule has 0 radical (unpaired) electrons. The van der Waals surface area contributed by atoms with Crippen LogP contribution in [0.25, 0.3) is 0 Å². The summed E-state index contributed by atoms with van der Waals surface area (Å²) in [5.41, 5.74) is 1.77. The predicted molar refractivity (Wildman–Crippen MR) is 147 cm³/mol. The van der Waals surface area contributed by atoms with Gasteiger partial charge in [0.2, 0.25) is 5.91 Å². The molecule has 3 aromatic carbocycles. The zero-order valence-electron chi connectivity index (χ0n) is 19.9. The van der Waals surface area contributed by atoms with E-state index in [9.17, 15) is 18.8 Å². The summed E-state index contributed by atoms with van der Waals surface area (Å²) in [4.78, 5) is 38.9. The second kappa shape index (κ2) is 11.6. The fourth-order valence-corrected chi connectivity index (χ4v) is 4.50. The number of hydrogen-bond donors (Lipinski definition) is 4. The SMILES string of the molecule is CC(=O)N(c1ccc(NC(=O)N(S)c2ccc(NC(=O)c3ccccc3F)cc2)cc1Cl)C1CCCN1. The van der Waals surface area contributed by atoms with Gasteiger partial charge in [-0.3, -0.25) is 19.8 Å². The molecule has 0 aromatic heterocycles. The lowest BCUT2D eigenvalue weighted by molar-refractivity contribution is -0.117. The summed E-state index contributed by atoms with van der Waals surface area (Å²) in [6.45, 7) is 2.32. The number of urea groups is 1. The molecule has 3 N–H and O–H groups in total. The highest BCUT2D eigenvalue weighted by molar-refractivity contribution is 7.82. The van der Waals surface area contributed by atoms with Crippen LogP contribution >= 0.6 is 24.4 Å². The van der Waals surface area contributed by atoms with Crippen LogP contribution in [0.15, 0.2) is 66.7 Å². The van der Waals surface area contributed by atoms with Crippen molar-refractivity contribution in [2.45, 2.75) is 25.9 Å². The molecule has 0 aliphatic carbocycles. The molecule has 192 valence electrons. The number of rotatable bonds is 6. The summed E-state index contributed by atoms with van der Waals surface area (Å²) in [7, 11) is 0. The van der Waals surface area contributed by atoms with Crippen LogP contribution in [0.1, 0.15) is 30.1 Å². The number of carbonyl (C=O) groups is 3. The van der Waals surface area contributed by atoms with Gasteiger partial charge in [-0.1, -0.05) is 36.5 Å². The Morgan fingerprint density at radius 2 is 1.73 bits per heavy atom. The van der Waals surface area contributed by atoms with E-state index < -0.39 is 17.8 Å². The van der Waals surface area contributed by atoms with E-state index in [0.717, 1.165) is 23.7 Å². The number of amides is 4. The second-order valence-corrected chi connectivity index (χ2v) is 9.20. The molecule has 8 nitrogen and oxygen atoms in total. The molecule has 0 bridgehead atoms. The van der Waals surface area contributed by atoms with Crippen molar-refractivity contribution >= 4 is 65.0 Å². The largest absolute Gasteiger partial charge is 0.336 e. The van der Waals surface area contributed by atoms with Gasteiger partial charge in [-0.15, -0.1) is 0 Å². The van der Waals surface area contributed by atoms with Gasteiger partial charge in [0.15, 0.2) is 0 Å². The molecule has 0 saturated carbocycles. The van der Waals surface area contributed by atoms with E-state index in [1.807, 2.05) is 0 Å². The number of nitrogens with zero attached hydrogens (tertiary/aromatic N) is 2. The molecule has 37 heavy (non-hydrogen) atoms. The minimum Gasteiger partial charge on any atom is -0.322 e. The molecule has 0 spiro atoms. The minimum atomic E-state index is -0.618. The van der Waals surface area contributed by atoms with Gasteiger partial charge >= 0.3 is 6.03 Å². The third-order valence-electron chi connectivity index (χ3n) is 5.82. The van der Waals surface area contributed by atoms with Crippen LogP contribution < -0.4 is 25.2 Å². The highest BCUT2D eigenvalue weighted by Crippen LogP contribution is 2.32.